The summed E-state index contributed by atoms with van der Waals surface area (Å²) in [6, 6.07) is 36.9. The Balaban J connectivity index is 1.29. The van der Waals surface area contributed by atoms with Gasteiger partial charge in [0.2, 0.25) is 0 Å². The molecular formula is C39H31NS. The van der Waals surface area contributed by atoms with Gasteiger partial charge in [0, 0.05) is 37.3 Å². The van der Waals surface area contributed by atoms with E-state index in [1.165, 1.54) is 80.1 Å². The predicted molar refractivity (Wildman–Crippen MR) is 171 cm³/mol. The Hall–Kier alpha value is -3.75. The number of hydrogen-bond acceptors (Lipinski definition) is 2. The number of thiophene rings is 1. The number of benzene rings is 4. The van der Waals surface area contributed by atoms with E-state index in [9.17, 15) is 0 Å². The van der Waals surface area contributed by atoms with E-state index in [1.807, 2.05) is 23.6 Å². The molecule has 0 amide bonds. The predicted octanol–water partition coefficient (Wildman–Crippen LogP) is 10.5. The summed E-state index contributed by atoms with van der Waals surface area (Å²) in [5.41, 5.74) is 11.4. The minimum atomic E-state index is 0.137. The van der Waals surface area contributed by atoms with E-state index in [4.69, 9.17) is 4.98 Å². The molecule has 4 aromatic carbocycles. The molecule has 5 aliphatic rings. The van der Waals surface area contributed by atoms with Crippen molar-refractivity contribution in [3.63, 3.8) is 0 Å². The molecule has 0 aliphatic heterocycles. The summed E-state index contributed by atoms with van der Waals surface area (Å²) < 4.78 is 2.74. The molecule has 0 radical (unpaired) electrons. The lowest BCUT2D eigenvalue weighted by atomic mass is 9.43. The summed E-state index contributed by atoms with van der Waals surface area (Å²) in [6.45, 7) is 0. The zero-order valence-electron chi connectivity index (χ0n) is 23.0. The van der Waals surface area contributed by atoms with Gasteiger partial charge in [-0.3, -0.25) is 4.98 Å². The maximum Gasteiger partial charge on any atom is 0.0708 e. The van der Waals surface area contributed by atoms with E-state index in [2.05, 4.69) is 91.0 Å². The molecule has 1 nitrogen and oxygen atoms in total. The highest BCUT2D eigenvalue weighted by Crippen LogP contribution is 2.70. The van der Waals surface area contributed by atoms with Gasteiger partial charge >= 0.3 is 0 Å². The second-order valence-electron chi connectivity index (χ2n) is 13.2. The number of hydrogen-bond donors (Lipinski definition) is 0. The maximum absolute atomic E-state index is 4.90. The molecule has 0 saturated heterocycles. The van der Waals surface area contributed by atoms with Crippen molar-refractivity contribution < 1.29 is 0 Å². The third-order valence-electron chi connectivity index (χ3n) is 11.3. The van der Waals surface area contributed by atoms with Crippen LogP contribution in [0.5, 0.6) is 0 Å². The highest BCUT2D eigenvalue weighted by atomic mass is 32.1. The molecule has 6 aromatic rings. The molecular weight excluding hydrogens is 515 g/mol. The molecule has 41 heavy (non-hydrogen) atoms. The van der Waals surface area contributed by atoms with Crippen LogP contribution in [0, 0.1) is 23.7 Å². The fourth-order valence-electron chi connectivity index (χ4n) is 10.2. The molecule has 2 aromatic heterocycles. The smallest absolute Gasteiger partial charge is 0.0708 e. The van der Waals surface area contributed by atoms with E-state index in [0.717, 1.165) is 29.4 Å². The molecule has 0 atom stereocenters. The fourth-order valence-corrected chi connectivity index (χ4v) is 11.2. The minimum Gasteiger partial charge on any atom is -0.256 e. The van der Waals surface area contributed by atoms with Crippen molar-refractivity contribution >= 4 is 31.5 Å². The van der Waals surface area contributed by atoms with E-state index in [-0.39, 0.29) is 5.41 Å². The first kappa shape index (κ1) is 22.9. The van der Waals surface area contributed by atoms with Crippen molar-refractivity contribution in [2.24, 2.45) is 23.7 Å². The van der Waals surface area contributed by atoms with Crippen LogP contribution < -0.4 is 0 Å². The van der Waals surface area contributed by atoms with Gasteiger partial charge < -0.3 is 0 Å². The molecule has 0 N–H and O–H groups in total. The normalized spacial score (nSPS) is 27.1. The van der Waals surface area contributed by atoms with Crippen LogP contribution in [-0.2, 0) is 5.41 Å². The van der Waals surface area contributed by atoms with Crippen LogP contribution >= 0.6 is 11.3 Å². The van der Waals surface area contributed by atoms with Crippen molar-refractivity contribution in [2.45, 2.75) is 37.5 Å². The quantitative estimate of drug-likeness (QED) is 0.211. The van der Waals surface area contributed by atoms with Gasteiger partial charge in [-0.05, 0) is 119 Å². The van der Waals surface area contributed by atoms with Gasteiger partial charge in [-0.15, -0.1) is 11.3 Å². The first-order valence-electron chi connectivity index (χ1n) is 15.4. The standard InChI is InChI=1S/C39H31NS/c1-2-13-35-29(7-1)31-22-25(14-15-36(31)41-35)28-8-5-10-32-37(28)38-30(34-12-3-4-16-40-34)9-6-11-33(38)39(32)26-18-23-17-24(20-26)21-27(39)19-23/h1-16,22-24,26-27H,17-21H2. The minimum absolute atomic E-state index is 0.137. The van der Waals surface area contributed by atoms with Crippen molar-refractivity contribution in [3.05, 3.63) is 114 Å². The second kappa shape index (κ2) is 8.17. The van der Waals surface area contributed by atoms with Gasteiger partial charge in [-0.25, -0.2) is 0 Å². The molecule has 5 aliphatic carbocycles. The zero-order valence-corrected chi connectivity index (χ0v) is 23.8. The van der Waals surface area contributed by atoms with Gasteiger partial charge in [0.1, 0.15) is 0 Å². The van der Waals surface area contributed by atoms with Crippen LogP contribution in [0.4, 0.5) is 0 Å². The number of rotatable bonds is 2. The third kappa shape index (κ3) is 2.94. The van der Waals surface area contributed by atoms with Gasteiger partial charge in [0.05, 0.1) is 5.69 Å². The molecule has 4 fully saturated rings. The van der Waals surface area contributed by atoms with Crippen LogP contribution in [0.15, 0.2) is 103 Å². The number of aromatic nitrogens is 1. The summed E-state index contributed by atoms with van der Waals surface area (Å²) >= 11 is 1.90. The second-order valence-corrected chi connectivity index (χ2v) is 14.2. The lowest BCUT2D eigenvalue weighted by Gasteiger charge is -2.61. The SMILES string of the molecule is c1ccc(-c2cccc3c2-c2c(-c4ccc5sc6ccccc6c5c4)cccc2C32C3CC4CC(C3)CC2C4)nc1. The third-order valence-corrected chi connectivity index (χ3v) is 12.5. The molecule has 4 bridgehead atoms. The highest BCUT2D eigenvalue weighted by molar-refractivity contribution is 7.25. The van der Waals surface area contributed by atoms with Crippen LogP contribution in [0.1, 0.15) is 43.2 Å². The van der Waals surface area contributed by atoms with Crippen molar-refractivity contribution in [3.8, 4) is 33.5 Å². The van der Waals surface area contributed by atoms with Gasteiger partial charge in [0.15, 0.2) is 0 Å². The van der Waals surface area contributed by atoms with Crippen LogP contribution in [-0.4, -0.2) is 4.98 Å². The Bertz CT molecular complexity index is 1990. The molecule has 2 heteroatoms. The van der Waals surface area contributed by atoms with Crippen molar-refractivity contribution in [1.82, 2.24) is 4.98 Å². The van der Waals surface area contributed by atoms with Crippen LogP contribution in [0.25, 0.3) is 53.7 Å². The molecule has 0 unspecified atom stereocenters. The van der Waals surface area contributed by atoms with Crippen LogP contribution in [0.2, 0.25) is 0 Å². The highest BCUT2D eigenvalue weighted by Gasteiger charge is 2.62. The van der Waals surface area contributed by atoms with Crippen molar-refractivity contribution in [2.75, 3.05) is 0 Å². The largest absolute Gasteiger partial charge is 0.256 e. The Morgan fingerprint density at radius 2 is 1.27 bits per heavy atom. The average Bonchev–Trinajstić information content (AvgIpc) is 3.53. The summed E-state index contributed by atoms with van der Waals surface area (Å²) in [5.74, 6) is 3.37. The first-order chi connectivity index (χ1) is 20.3. The van der Waals surface area contributed by atoms with Gasteiger partial charge in [0.25, 0.3) is 0 Å². The fraction of sp³-hybridized carbons (Fsp3) is 0.256. The molecule has 2 heterocycles. The summed E-state index contributed by atoms with van der Waals surface area (Å²) in [4.78, 5) is 4.90. The monoisotopic (exact) mass is 545 g/mol. The van der Waals surface area contributed by atoms with Gasteiger partial charge in [-0.2, -0.15) is 0 Å². The van der Waals surface area contributed by atoms with Gasteiger partial charge in [-0.1, -0.05) is 66.7 Å². The Labute approximate surface area is 244 Å². The Morgan fingerprint density at radius 1 is 0.585 bits per heavy atom. The van der Waals surface area contributed by atoms with E-state index >= 15 is 0 Å². The Kier molecular flexibility index (Phi) is 4.56. The van der Waals surface area contributed by atoms with E-state index < -0.39 is 0 Å². The lowest BCUT2D eigenvalue weighted by molar-refractivity contribution is -0.0399. The molecule has 4 saturated carbocycles. The number of fused-ring (bicyclic) bond motifs is 6. The zero-order chi connectivity index (χ0) is 26.7. The number of nitrogens with zero attached hydrogens (tertiary/aromatic N) is 1. The maximum atomic E-state index is 4.90. The van der Waals surface area contributed by atoms with E-state index in [0.29, 0.717) is 0 Å². The first-order valence-corrected chi connectivity index (χ1v) is 16.2. The molecule has 1 spiro atoms. The van der Waals surface area contributed by atoms with Crippen LogP contribution in [0.3, 0.4) is 0 Å². The summed E-state index contributed by atoms with van der Waals surface area (Å²) in [5, 5.41) is 2.75. The molecule has 198 valence electrons. The molecule has 11 rings (SSSR count). The topological polar surface area (TPSA) is 12.9 Å². The Morgan fingerprint density at radius 3 is 2.02 bits per heavy atom. The number of pyridine rings is 1. The summed E-state index contributed by atoms with van der Waals surface area (Å²) in [7, 11) is 0. The summed E-state index contributed by atoms with van der Waals surface area (Å²) in [6.07, 6.45) is 9.03. The lowest BCUT2D eigenvalue weighted by Crippen LogP contribution is -2.55. The van der Waals surface area contributed by atoms with E-state index in [1.54, 1.807) is 11.1 Å². The average molecular weight is 546 g/mol. The van der Waals surface area contributed by atoms with Crippen molar-refractivity contribution in [1.29, 1.82) is 0 Å².